The molecule has 5 heteroatoms. The summed E-state index contributed by atoms with van der Waals surface area (Å²) in [5.74, 6) is -1.57. The minimum Gasteiger partial charge on any atom is -0.490 e. The van der Waals surface area contributed by atoms with Gasteiger partial charge < -0.3 is 4.74 Å². The highest BCUT2D eigenvalue weighted by Crippen LogP contribution is 2.43. The van der Waals surface area contributed by atoms with Gasteiger partial charge in [-0.3, -0.25) is 0 Å². The lowest BCUT2D eigenvalue weighted by Gasteiger charge is -2.35. The van der Waals surface area contributed by atoms with E-state index >= 15 is 8.78 Å². The van der Waals surface area contributed by atoms with Crippen molar-refractivity contribution < 1.29 is 22.3 Å². The Morgan fingerprint density at radius 3 is 1.82 bits per heavy atom. The quantitative estimate of drug-likeness (QED) is 0.136. The van der Waals surface area contributed by atoms with Crippen molar-refractivity contribution in [1.29, 1.82) is 0 Å². The molecule has 0 aliphatic heterocycles. The van der Waals surface area contributed by atoms with Crippen LogP contribution in [0, 0.1) is 41.0 Å². The number of ether oxygens (including phenoxy) is 1. The molecule has 2 aliphatic rings. The molecule has 1 unspecified atom stereocenters. The molecule has 0 heterocycles. The third kappa shape index (κ3) is 8.02. The highest BCUT2D eigenvalue weighted by atomic mass is 19.2. The van der Waals surface area contributed by atoms with Crippen molar-refractivity contribution in [3.63, 3.8) is 0 Å². The van der Waals surface area contributed by atoms with Gasteiger partial charge in [-0.05, 0) is 85.1 Å². The highest BCUT2D eigenvalue weighted by Gasteiger charge is 2.29. The molecule has 1 fully saturated rings. The van der Waals surface area contributed by atoms with Gasteiger partial charge in [-0.25, -0.2) is 13.2 Å². The van der Waals surface area contributed by atoms with E-state index < -0.39 is 23.3 Å². The Labute approximate surface area is 267 Å². The van der Waals surface area contributed by atoms with Crippen molar-refractivity contribution in [3.05, 3.63) is 83.4 Å². The Kier molecular flexibility index (Phi) is 11.8. The molecule has 45 heavy (non-hydrogen) atoms. The molecule has 242 valence electrons. The first-order valence-corrected chi connectivity index (χ1v) is 17.3. The topological polar surface area (TPSA) is 9.23 Å². The molecule has 0 amide bonds. The fraction of sp³-hybridized carbons (Fsp3) is 0.500. The van der Waals surface area contributed by atoms with Crippen LogP contribution in [0.1, 0.15) is 109 Å². The maximum absolute atomic E-state index is 15.4. The minimum atomic E-state index is -1.03. The van der Waals surface area contributed by atoms with Crippen LogP contribution < -0.4 is 4.74 Å². The van der Waals surface area contributed by atoms with Crippen molar-refractivity contribution in [1.82, 2.24) is 0 Å². The van der Waals surface area contributed by atoms with Crippen molar-refractivity contribution in [2.75, 3.05) is 6.61 Å². The molecular formula is C40H48F4O. The summed E-state index contributed by atoms with van der Waals surface area (Å²) in [5.41, 5.74) is 2.38. The molecule has 3 aromatic carbocycles. The van der Waals surface area contributed by atoms with Crippen LogP contribution in [0.3, 0.4) is 0 Å². The van der Waals surface area contributed by atoms with E-state index in [-0.39, 0.29) is 16.9 Å². The molecule has 1 saturated carbocycles. The molecule has 1 atom stereocenters. The van der Waals surface area contributed by atoms with E-state index in [2.05, 4.69) is 13.0 Å². The van der Waals surface area contributed by atoms with Gasteiger partial charge in [-0.15, -0.1) is 0 Å². The summed E-state index contributed by atoms with van der Waals surface area (Å²) in [6.45, 7) is 4.44. The van der Waals surface area contributed by atoms with E-state index in [0.717, 1.165) is 36.7 Å². The zero-order valence-corrected chi connectivity index (χ0v) is 27.0. The van der Waals surface area contributed by atoms with Crippen molar-refractivity contribution in [2.45, 2.75) is 104 Å². The van der Waals surface area contributed by atoms with Gasteiger partial charge in [-0.2, -0.15) is 4.39 Å². The van der Waals surface area contributed by atoms with Gasteiger partial charge in [0, 0.05) is 16.7 Å². The van der Waals surface area contributed by atoms with Crippen molar-refractivity contribution >= 4 is 5.57 Å². The first-order chi connectivity index (χ1) is 21.9. The van der Waals surface area contributed by atoms with Crippen LogP contribution in [0.5, 0.6) is 5.75 Å². The van der Waals surface area contributed by atoms with Crippen LogP contribution in [0.2, 0.25) is 0 Å². The summed E-state index contributed by atoms with van der Waals surface area (Å²) >= 11 is 0. The van der Waals surface area contributed by atoms with Crippen LogP contribution in [0.4, 0.5) is 17.6 Å². The molecule has 0 N–H and O–H groups in total. The van der Waals surface area contributed by atoms with Crippen LogP contribution in [0.15, 0.2) is 54.6 Å². The smallest absolute Gasteiger partial charge is 0.201 e. The lowest BCUT2D eigenvalue weighted by molar-refractivity contribution is 0.187. The Morgan fingerprint density at radius 2 is 1.20 bits per heavy atom. The van der Waals surface area contributed by atoms with Gasteiger partial charge in [0.1, 0.15) is 0 Å². The molecule has 5 rings (SSSR count). The van der Waals surface area contributed by atoms with Gasteiger partial charge in [0.15, 0.2) is 23.2 Å². The van der Waals surface area contributed by atoms with Crippen LogP contribution in [-0.2, 0) is 0 Å². The van der Waals surface area contributed by atoms with Crippen LogP contribution in [-0.4, -0.2) is 6.61 Å². The van der Waals surface area contributed by atoms with E-state index in [1.165, 1.54) is 76.3 Å². The normalized spacial score (nSPS) is 20.2. The summed E-state index contributed by atoms with van der Waals surface area (Å²) in [6.07, 6.45) is 19.1. The Bertz CT molecular complexity index is 1440. The monoisotopic (exact) mass is 620 g/mol. The predicted molar refractivity (Wildman–Crippen MR) is 177 cm³/mol. The van der Waals surface area contributed by atoms with E-state index in [9.17, 15) is 8.78 Å². The largest absolute Gasteiger partial charge is 0.490 e. The standard InChI is InChI=1S/C40H48F4O/c1-3-5-6-7-8-9-27-10-12-28(13-11-27)29-14-16-30(17-15-29)33-22-23-34(38(42)37(33)41)31-18-20-32(21-19-31)35-24-25-36(45-26-4-2)40(44)39(35)43/h16,18-25,27-29H,3-15,17,26H2,1-2H3. The molecule has 0 aromatic heterocycles. The number of hydrogen-bond acceptors (Lipinski definition) is 1. The van der Waals surface area contributed by atoms with Crippen molar-refractivity contribution in [2.24, 2.45) is 17.8 Å². The molecule has 2 aliphatic carbocycles. The number of rotatable bonds is 13. The zero-order valence-electron chi connectivity index (χ0n) is 27.0. The molecule has 0 bridgehead atoms. The fourth-order valence-electron chi connectivity index (χ4n) is 7.44. The van der Waals surface area contributed by atoms with E-state index in [4.69, 9.17) is 4.74 Å². The molecule has 0 spiro atoms. The SMILES string of the molecule is CCCCCCCC1CCC(C2CC=C(c3ccc(-c4ccc(-c5ccc(OCCC)c(F)c5F)cc4)c(F)c3F)CC2)CC1. The third-order valence-electron chi connectivity index (χ3n) is 10.2. The van der Waals surface area contributed by atoms with Crippen molar-refractivity contribution in [3.8, 4) is 28.0 Å². The minimum absolute atomic E-state index is 0.0817. The van der Waals surface area contributed by atoms with Gasteiger partial charge in [-0.1, -0.05) is 108 Å². The molecule has 1 nitrogen and oxygen atoms in total. The maximum Gasteiger partial charge on any atom is 0.201 e. The van der Waals surface area contributed by atoms with Gasteiger partial charge in [0.25, 0.3) is 0 Å². The zero-order chi connectivity index (χ0) is 31.8. The van der Waals surface area contributed by atoms with Gasteiger partial charge >= 0.3 is 0 Å². The fourth-order valence-corrected chi connectivity index (χ4v) is 7.44. The predicted octanol–water partition coefficient (Wildman–Crippen LogP) is 12.7. The average Bonchev–Trinajstić information content (AvgIpc) is 3.07. The molecule has 3 aromatic rings. The summed E-state index contributed by atoms with van der Waals surface area (Å²) in [4.78, 5) is 0. The molecule has 0 saturated heterocycles. The van der Waals surface area contributed by atoms with E-state index in [0.29, 0.717) is 35.6 Å². The number of halogens is 4. The average molecular weight is 621 g/mol. The number of allylic oxidation sites excluding steroid dienone is 2. The summed E-state index contributed by atoms with van der Waals surface area (Å²) < 4.78 is 65.4. The second-order valence-corrected chi connectivity index (χ2v) is 13.2. The third-order valence-corrected chi connectivity index (χ3v) is 10.2. The van der Waals surface area contributed by atoms with E-state index in [1.54, 1.807) is 36.4 Å². The highest BCUT2D eigenvalue weighted by molar-refractivity contribution is 5.74. The van der Waals surface area contributed by atoms with Crippen LogP contribution in [0.25, 0.3) is 27.8 Å². The number of hydrogen-bond donors (Lipinski definition) is 0. The summed E-state index contributed by atoms with van der Waals surface area (Å²) in [6, 6.07) is 12.6. The maximum atomic E-state index is 15.4. The Morgan fingerprint density at radius 1 is 0.600 bits per heavy atom. The number of unbranched alkanes of at least 4 members (excludes halogenated alkanes) is 4. The van der Waals surface area contributed by atoms with Crippen LogP contribution >= 0.6 is 0 Å². The first-order valence-electron chi connectivity index (χ1n) is 17.3. The first kappa shape index (κ1) is 33.3. The summed E-state index contributed by atoms with van der Waals surface area (Å²) in [5, 5.41) is 0. The van der Waals surface area contributed by atoms with E-state index in [1.807, 2.05) is 6.92 Å². The molecular weight excluding hydrogens is 572 g/mol. The lowest BCUT2D eigenvalue weighted by atomic mass is 9.70. The number of benzene rings is 3. The second kappa shape index (κ2) is 16.0. The Balaban J connectivity index is 1.20. The lowest BCUT2D eigenvalue weighted by Crippen LogP contribution is -2.23. The molecule has 0 radical (unpaired) electrons. The van der Waals surface area contributed by atoms with Gasteiger partial charge in [0.05, 0.1) is 6.61 Å². The Hall–Kier alpha value is -3.08. The van der Waals surface area contributed by atoms with Gasteiger partial charge in [0.2, 0.25) is 5.82 Å². The summed E-state index contributed by atoms with van der Waals surface area (Å²) in [7, 11) is 0. The second-order valence-electron chi connectivity index (χ2n) is 13.2.